The van der Waals surface area contributed by atoms with Gasteiger partial charge in [0.15, 0.2) is 5.67 Å². The Balaban J connectivity index is 2.22. The predicted octanol–water partition coefficient (Wildman–Crippen LogP) is -0.490. The summed E-state index contributed by atoms with van der Waals surface area (Å²) in [6.45, 7) is 0.900. The van der Waals surface area contributed by atoms with Crippen molar-refractivity contribution < 1.29 is 14.3 Å². The molecule has 10 heavy (non-hydrogen) atoms. The molecule has 5 heteroatoms. The van der Waals surface area contributed by atoms with Gasteiger partial charge in [0.1, 0.15) is 6.61 Å². The van der Waals surface area contributed by atoms with E-state index in [1.54, 1.807) is 0 Å². The maximum absolute atomic E-state index is 13.2. The van der Waals surface area contributed by atoms with Gasteiger partial charge in [0, 0.05) is 6.54 Å². The number of nitrogens with one attached hydrogen (secondary N) is 1. The molecule has 0 aromatic heterocycles. The summed E-state index contributed by atoms with van der Waals surface area (Å²) in [5.41, 5.74) is -1.29. The molecule has 0 aromatic rings. The zero-order valence-corrected chi connectivity index (χ0v) is 5.60. The lowest BCUT2D eigenvalue weighted by Gasteiger charge is -2.15. The molecule has 1 saturated heterocycles. The highest BCUT2D eigenvalue weighted by atomic mass is 19.1. The summed E-state index contributed by atoms with van der Waals surface area (Å²) >= 11 is 0. The molecular formula is C5H11FN2O2. The minimum Gasteiger partial charge on any atom is -0.313 e. The van der Waals surface area contributed by atoms with Gasteiger partial charge in [0.25, 0.3) is 0 Å². The van der Waals surface area contributed by atoms with Crippen LogP contribution in [-0.2, 0) is 9.88 Å². The van der Waals surface area contributed by atoms with Crippen LogP contribution in [0.25, 0.3) is 0 Å². The molecule has 0 spiro atoms. The van der Waals surface area contributed by atoms with E-state index in [0.717, 1.165) is 0 Å². The second kappa shape index (κ2) is 3.25. The molecule has 0 aromatic carbocycles. The molecule has 1 fully saturated rings. The molecule has 1 heterocycles. The average molecular weight is 150 g/mol. The van der Waals surface area contributed by atoms with Crippen LogP contribution in [0.2, 0.25) is 0 Å². The van der Waals surface area contributed by atoms with E-state index in [1.165, 1.54) is 0 Å². The average Bonchev–Trinajstić information content (AvgIpc) is 2.33. The second-order valence-corrected chi connectivity index (χ2v) is 2.44. The summed E-state index contributed by atoms with van der Waals surface area (Å²) in [6.07, 6.45) is 0.455. The molecule has 0 radical (unpaired) electrons. The molecule has 1 aliphatic heterocycles. The maximum Gasteiger partial charge on any atom is 0.150 e. The van der Waals surface area contributed by atoms with Crippen LogP contribution in [0.4, 0.5) is 4.39 Å². The topological polar surface area (TPSA) is 56.5 Å². The highest BCUT2D eigenvalue weighted by molar-refractivity contribution is 4.87. The molecule has 4 nitrogen and oxygen atoms in total. The van der Waals surface area contributed by atoms with Crippen LogP contribution in [-0.4, -0.2) is 25.4 Å². The molecule has 3 N–H and O–H groups in total. The van der Waals surface area contributed by atoms with E-state index in [4.69, 9.17) is 0 Å². The molecule has 0 aliphatic carbocycles. The fourth-order valence-electron chi connectivity index (χ4n) is 0.976. The van der Waals surface area contributed by atoms with Crippen molar-refractivity contribution in [1.82, 2.24) is 5.32 Å². The van der Waals surface area contributed by atoms with Gasteiger partial charge in [-0.3, -0.25) is 0 Å². The van der Waals surface area contributed by atoms with E-state index in [1.807, 2.05) is 0 Å². The number of nitrogens with two attached hydrogens (primary N) is 1. The molecule has 0 bridgehead atoms. The molecule has 1 rings (SSSR count). The summed E-state index contributed by atoms with van der Waals surface area (Å²) in [5, 5.41) is 2.87. The van der Waals surface area contributed by atoms with Crippen LogP contribution in [0, 0.1) is 0 Å². The zero-order valence-electron chi connectivity index (χ0n) is 5.60. The van der Waals surface area contributed by atoms with E-state index in [2.05, 4.69) is 21.1 Å². The molecule has 1 atom stereocenters. The maximum atomic E-state index is 13.2. The van der Waals surface area contributed by atoms with E-state index in [0.29, 0.717) is 19.5 Å². The Kier molecular flexibility index (Phi) is 2.56. The van der Waals surface area contributed by atoms with Gasteiger partial charge >= 0.3 is 0 Å². The zero-order chi connectivity index (χ0) is 7.45. The third-order valence-electron chi connectivity index (χ3n) is 1.58. The van der Waals surface area contributed by atoms with Crippen molar-refractivity contribution in [2.45, 2.75) is 12.1 Å². The lowest BCUT2D eigenvalue weighted by molar-refractivity contribution is -0.313. The quantitative estimate of drug-likeness (QED) is 0.421. The van der Waals surface area contributed by atoms with E-state index < -0.39 is 5.67 Å². The van der Waals surface area contributed by atoms with Crippen molar-refractivity contribution in [2.24, 2.45) is 5.90 Å². The molecule has 0 saturated carbocycles. The number of halogens is 1. The Labute approximate surface area is 58.4 Å². The SMILES string of the molecule is NOOCC1(F)CCNC1. The number of hydrogen-bond donors (Lipinski definition) is 2. The van der Waals surface area contributed by atoms with Gasteiger partial charge < -0.3 is 5.32 Å². The van der Waals surface area contributed by atoms with E-state index in [9.17, 15) is 4.39 Å². The number of alkyl halides is 1. The minimum absolute atomic E-state index is 0.101. The Bertz CT molecular complexity index is 106. The van der Waals surface area contributed by atoms with Gasteiger partial charge in [-0.05, 0) is 13.0 Å². The van der Waals surface area contributed by atoms with Crippen molar-refractivity contribution in [3.8, 4) is 0 Å². The summed E-state index contributed by atoms with van der Waals surface area (Å²) in [6, 6.07) is 0. The van der Waals surface area contributed by atoms with E-state index >= 15 is 0 Å². The molecule has 0 amide bonds. The van der Waals surface area contributed by atoms with Crippen LogP contribution < -0.4 is 11.2 Å². The Hall–Kier alpha value is -0.230. The summed E-state index contributed by atoms with van der Waals surface area (Å²) in [4.78, 5) is 8.08. The molecule has 1 aliphatic rings. The first kappa shape index (κ1) is 7.87. The highest BCUT2D eigenvalue weighted by Gasteiger charge is 2.34. The smallest absolute Gasteiger partial charge is 0.150 e. The molecule has 1 unspecified atom stereocenters. The summed E-state index contributed by atoms with van der Waals surface area (Å²) in [7, 11) is 0. The van der Waals surface area contributed by atoms with Crippen LogP contribution in [0.5, 0.6) is 0 Å². The molecular weight excluding hydrogens is 139 g/mol. The van der Waals surface area contributed by atoms with Gasteiger partial charge in [-0.1, -0.05) is 0 Å². The third-order valence-corrected chi connectivity index (χ3v) is 1.58. The first-order chi connectivity index (χ1) is 4.77. The fraction of sp³-hybridized carbons (Fsp3) is 1.00. The Morgan fingerprint density at radius 2 is 2.50 bits per heavy atom. The third kappa shape index (κ3) is 1.88. The van der Waals surface area contributed by atoms with Crippen molar-refractivity contribution in [3.05, 3.63) is 0 Å². The van der Waals surface area contributed by atoms with Gasteiger partial charge in [-0.15, -0.1) is 4.99 Å². The largest absolute Gasteiger partial charge is 0.313 e. The highest BCUT2D eigenvalue weighted by Crippen LogP contribution is 2.19. The normalized spacial score (nSPS) is 33.0. The minimum atomic E-state index is -1.29. The van der Waals surface area contributed by atoms with Crippen LogP contribution >= 0.6 is 0 Å². The lowest BCUT2D eigenvalue weighted by Crippen LogP contribution is -2.32. The monoisotopic (exact) mass is 150 g/mol. The fourth-order valence-corrected chi connectivity index (χ4v) is 0.976. The van der Waals surface area contributed by atoms with Crippen molar-refractivity contribution >= 4 is 0 Å². The number of rotatable bonds is 3. The Morgan fingerprint density at radius 3 is 3.00 bits per heavy atom. The van der Waals surface area contributed by atoms with Gasteiger partial charge in [0.05, 0.1) is 0 Å². The van der Waals surface area contributed by atoms with Crippen LogP contribution in [0.1, 0.15) is 6.42 Å². The van der Waals surface area contributed by atoms with Crippen LogP contribution in [0.3, 0.4) is 0 Å². The first-order valence-corrected chi connectivity index (χ1v) is 3.15. The van der Waals surface area contributed by atoms with Crippen LogP contribution in [0.15, 0.2) is 0 Å². The Morgan fingerprint density at radius 1 is 1.70 bits per heavy atom. The standard InChI is InChI=1S/C5H11FN2O2/c6-5(4-9-10-7)1-2-8-3-5/h8H,1-4,7H2. The predicted molar refractivity (Wildman–Crippen MR) is 32.6 cm³/mol. The first-order valence-electron chi connectivity index (χ1n) is 3.15. The van der Waals surface area contributed by atoms with Gasteiger partial charge in [-0.2, -0.15) is 5.90 Å². The van der Waals surface area contributed by atoms with Gasteiger partial charge in [0.2, 0.25) is 0 Å². The van der Waals surface area contributed by atoms with Crippen molar-refractivity contribution in [3.63, 3.8) is 0 Å². The van der Waals surface area contributed by atoms with Crippen molar-refractivity contribution in [1.29, 1.82) is 0 Å². The number of hydrogen-bond acceptors (Lipinski definition) is 4. The second-order valence-electron chi connectivity index (χ2n) is 2.44. The van der Waals surface area contributed by atoms with E-state index in [-0.39, 0.29) is 6.61 Å². The van der Waals surface area contributed by atoms with Crippen molar-refractivity contribution in [2.75, 3.05) is 19.7 Å². The van der Waals surface area contributed by atoms with Gasteiger partial charge in [-0.25, -0.2) is 9.28 Å². The lowest BCUT2D eigenvalue weighted by atomic mass is 10.1. The molecule has 60 valence electrons. The summed E-state index contributed by atoms with van der Waals surface area (Å²) < 4.78 is 13.2. The summed E-state index contributed by atoms with van der Waals surface area (Å²) in [5.74, 6) is 4.56.